The normalized spacial score (nSPS) is 21.2. The van der Waals surface area contributed by atoms with E-state index in [1.54, 1.807) is 29.2 Å². The number of halogens is 4. The zero-order valence-electron chi connectivity index (χ0n) is 18.1. The number of urea groups is 1. The minimum Gasteiger partial charge on any atom is -0.368 e. The largest absolute Gasteiger partial charge is 0.522 e. The number of anilines is 1. The van der Waals surface area contributed by atoms with Gasteiger partial charge in [0.05, 0.1) is 17.7 Å². The van der Waals surface area contributed by atoms with Gasteiger partial charge in [-0.25, -0.2) is 9.78 Å². The number of pyridine rings is 1. The molecule has 1 aromatic carbocycles. The van der Waals surface area contributed by atoms with Crippen molar-refractivity contribution in [3.8, 4) is 0 Å². The molecular weight excluding hydrogens is 477 g/mol. The van der Waals surface area contributed by atoms with Gasteiger partial charge in [0.2, 0.25) is 5.91 Å². The van der Waals surface area contributed by atoms with E-state index in [-0.39, 0.29) is 37.4 Å². The van der Waals surface area contributed by atoms with E-state index < -0.39 is 18.6 Å². The maximum atomic E-state index is 12.6. The number of amides is 3. The molecule has 1 saturated carbocycles. The Morgan fingerprint density at radius 3 is 2.56 bits per heavy atom. The molecule has 1 aliphatic carbocycles. The van der Waals surface area contributed by atoms with Crippen molar-refractivity contribution in [2.45, 2.75) is 50.3 Å². The Bertz CT molecular complexity index is 1040. The number of rotatable bonds is 6. The van der Waals surface area contributed by atoms with Crippen LogP contribution in [0.15, 0.2) is 30.3 Å². The molecule has 1 saturated heterocycles. The lowest BCUT2D eigenvalue weighted by molar-refractivity contribution is -0.357. The SMILES string of the molecule is O=C(CO[C@H]1C[C@@H](OC(F)(F)F)C1)NC1CCN(C(=O)Nc2ccc3cc(Cl)ccc3n2)CC1. The molecule has 34 heavy (non-hydrogen) atoms. The summed E-state index contributed by atoms with van der Waals surface area (Å²) in [7, 11) is 0. The molecule has 1 aliphatic heterocycles. The Morgan fingerprint density at radius 1 is 1.12 bits per heavy atom. The Hall–Kier alpha value is -2.63. The number of carbonyl (C=O) groups is 2. The number of nitrogens with one attached hydrogen (secondary N) is 2. The number of benzene rings is 1. The zero-order chi connectivity index (χ0) is 24.3. The van der Waals surface area contributed by atoms with E-state index in [1.807, 2.05) is 6.07 Å². The quantitative estimate of drug-likeness (QED) is 0.623. The Balaban J connectivity index is 1.15. The highest BCUT2D eigenvalue weighted by atomic mass is 35.5. The fraction of sp³-hybridized carbons (Fsp3) is 0.500. The van der Waals surface area contributed by atoms with Gasteiger partial charge in [-0.05, 0) is 43.2 Å². The van der Waals surface area contributed by atoms with E-state index in [0.717, 1.165) is 10.9 Å². The van der Waals surface area contributed by atoms with E-state index in [2.05, 4.69) is 20.4 Å². The van der Waals surface area contributed by atoms with Gasteiger partial charge < -0.3 is 15.0 Å². The predicted octanol–water partition coefficient (Wildman–Crippen LogP) is 4.08. The number of ether oxygens (including phenoxy) is 2. The Labute approximate surface area is 198 Å². The van der Waals surface area contributed by atoms with E-state index in [9.17, 15) is 22.8 Å². The third-order valence-electron chi connectivity index (χ3n) is 5.84. The number of fused-ring (bicyclic) bond motifs is 1. The number of nitrogens with zero attached hydrogens (tertiary/aromatic N) is 2. The highest BCUT2D eigenvalue weighted by molar-refractivity contribution is 6.31. The van der Waals surface area contributed by atoms with E-state index in [4.69, 9.17) is 16.3 Å². The van der Waals surface area contributed by atoms with Crippen LogP contribution in [-0.4, -0.2) is 66.1 Å². The maximum Gasteiger partial charge on any atom is 0.522 e. The molecule has 0 radical (unpaired) electrons. The van der Waals surface area contributed by atoms with Crippen molar-refractivity contribution in [3.63, 3.8) is 0 Å². The molecule has 0 spiro atoms. The smallest absolute Gasteiger partial charge is 0.368 e. The fourth-order valence-electron chi connectivity index (χ4n) is 3.98. The summed E-state index contributed by atoms with van der Waals surface area (Å²) < 4.78 is 45.6. The minimum atomic E-state index is -4.65. The summed E-state index contributed by atoms with van der Waals surface area (Å²) in [5.74, 6) is 0.106. The molecule has 12 heteroatoms. The van der Waals surface area contributed by atoms with Crippen LogP contribution >= 0.6 is 11.6 Å². The van der Waals surface area contributed by atoms with Crippen LogP contribution in [0.25, 0.3) is 10.9 Å². The number of alkyl halides is 3. The molecule has 2 heterocycles. The lowest BCUT2D eigenvalue weighted by atomic mass is 9.92. The zero-order valence-corrected chi connectivity index (χ0v) is 18.9. The maximum absolute atomic E-state index is 12.6. The Morgan fingerprint density at radius 2 is 1.85 bits per heavy atom. The summed E-state index contributed by atoms with van der Waals surface area (Å²) in [6.45, 7) is 0.697. The molecule has 2 aromatic rings. The molecule has 0 unspecified atom stereocenters. The van der Waals surface area contributed by atoms with Gasteiger partial charge in [0.25, 0.3) is 0 Å². The molecule has 2 aliphatic rings. The fourth-order valence-corrected chi connectivity index (χ4v) is 4.16. The lowest BCUT2D eigenvalue weighted by Crippen LogP contribution is -2.49. The highest BCUT2D eigenvalue weighted by Gasteiger charge is 2.40. The van der Waals surface area contributed by atoms with Gasteiger partial charge in [-0.2, -0.15) is 0 Å². The molecular formula is C22H24ClF3N4O4. The van der Waals surface area contributed by atoms with Crippen molar-refractivity contribution >= 4 is 40.3 Å². The van der Waals surface area contributed by atoms with Crippen molar-refractivity contribution in [2.24, 2.45) is 0 Å². The Kier molecular flexibility index (Phi) is 7.44. The first-order valence-corrected chi connectivity index (χ1v) is 11.3. The van der Waals surface area contributed by atoms with Gasteiger partial charge in [-0.15, -0.1) is 13.2 Å². The van der Waals surface area contributed by atoms with Gasteiger partial charge in [0.15, 0.2) is 0 Å². The average molecular weight is 501 g/mol. The number of hydrogen-bond acceptors (Lipinski definition) is 5. The topological polar surface area (TPSA) is 92.8 Å². The first-order valence-electron chi connectivity index (χ1n) is 10.9. The van der Waals surface area contributed by atoms with Gasteiger partial charge in [-0.1, -0.05) is 11.6 Å². The molecule has 1 aromatic heterocycles. The van der Waals surface area contributed by atoms with Crippen LogP contribution < -0.4 is 10.6 Å². The number of aromatic nitrogens is 1. The molecule has 4 rings (SSSR count). The summed E-state index contributed by atoms with van der Waals surface area (Å²) in [6.07, 6.45) is -4.60. The molecule has 3 amide bonds. The number of piperidine rings is 1. The van der Waals surface area contributed by atoms with Crippen LogP contribution in [0.2, 0.25) is 5.02 Å². The van der Waals surface area contributed by atoms with Crippen LogP contribution in [0.5, 0.6) is 0 Å². The van der Waals surface area contributed by atoms with E-state index >= 15 is 0 Å². The second-order valence-corrected chi connectivity index (χ2v) is 8.82. The number of hydrogen-bond donors (Lipinski definition) is 2. The monoisotopic (exact) mass is 500 g/mol. The summed E-state index contributed by atoms with van der Waals surface area (Å²) >= 11 is 5.98. The first-order chi connectivity index (χ1) is 16.1. The minimum absolute atomic E-state index is 0.105. The summed E-state index contributed by atoms with van der Waals surface area (Å²) in [5, 5.41) is 7.13. The molecule has 8 nitrogen and oxygen atoms in total. The van der Waals surface area contributed by atoms with Crippen molar-refractivity contribution in [1.82, 2.24) is 15.2 Å². The predicted molar refractivity (Wildman–Crippen MR) is 118 cm³/mol. The summed E-state index contributed by atoms with van der Waals surface area (Å²) in [4.78, 5) is 30.8. The first kappa shape index (κ1) is 24.5. The number of likely N-dealkylation sites (tertiary alicyclic amines) is 1. The van der Waals surface area contributed by atoms with Crippen molar-refractivity contribution in [3.05, 3.63) is 35.4 Å². The van der Waals surface area contributed by atoms with Gasteiger partial charge in [-0.3, -0.25) is 14.8 Å². The van der Waals surface area contributed by atoms with Crippen molar-refractivity contribution < 1.29 is 32.2 Å². The van der Waals surface area contributed by atoms with Crippen molar-refractivity contribution in [1.29, 1.82) is 0 Å². The molecule has 0 atom stereocenters. The van der Waals surface area contributed by atoms with Gasteiger partial charge in [0, 0.05) is 42.4 Å². The molecule has 2 N–H and O–H groups in total. The van der Waals surface area contributed by atoms with Crippen LogP contribution in [0, 0.1) is 0 Å². The van der Waals surface area contributed by atoms with Crippen LogP contribution in [-0.2, 0) is 14.3 Å². The summed E-state index contributed by atoms with van der Waals surface area (Å²) in [6, 6.07) is 8.48. The van der Waals surface area contributed by atoms with Crippen LogP contribution in [0.4, 0.5) is 23.8 Å². The van der Waals surface area contributed by atoms with E-state index in [0.29, 0.717) is 36.8 Å². The highest BCUT2D eigenvalue weighted by Crippen LogP contribution is 2.32. The lowest BCUT2D eigenvalue weighted by Gasteiger charge is -2.35. The number of carbonyl (C=O) groups excluding carboxylic acids is 2. The molecule has 2 fully saturated rings. The standard InChI is InChI=1S/C22H24ClF3N4O4/c23-14-2-3-18-13(9-14)1-4-19(28-18)29-21(32)30-7-5-15(6-8-30)27-20(31)12-33-16-10-17(11-16)34-22(24,25)26/h1-4,9,15-17H,5-8,10-12H2,(H,27,31)(H,28,29,32)/t16-,17+. The third-order valence-corrected chi connectivity index (χ3v) is 6.07. The molecule has 0 bridgehead atoms. The second-order valence-electron chi connectivity index (χ2n) is 8.38. The average Bonchev–Trinajstić information content (AvgIpc) is 2.75. The summed E-state index contributed by atoms with van der Waals surface area (Å²) in [5.41, 5.74) is 0.719. The van der Waals surface area contributed by atoms with Gasteiger partial charge in [0.1, 0.15) is 12.4 Å². The van der Waals surface area contributed by atoms with Crippen molar-refractivity contribution in [2.75, 3.05) is 25.0 Å². The van der Waals surface area contributed by atoms with Gasteiger partial charge >= 0.3 is 12.4 Å². The third kappa shape index (κ3) is 6.71. The van der Waals surface area contributed by atoms with E-state index in [1.165, 1.54) is 0 Å². The van der Waals surface area contributed by atoms with Crippen LogP contribution in [0.1, 0.15) is 25.7 Å². The molecule has 184 valence electrons. The second kappa shape index (κ2) is 10.3. The van der Waals surface area contributed by atoms with Crippen LogP contribution in [0.3, 0.4) is 0 Å².